The van der Waals surface area contributed by atoms with E-state index in [0.29, 0.717) is 0 Å². The Balaban J connectivity index is 2.52. The molecule has 1 aromatic rings. The molecule has 0 aliphatic carbocycles. The highest BCUT2D eigenvalue weighted by Gasteiger charge is 2.07. The minimum absolute atomic E-state index is 0.157. The van der Waals surface area contributed by atoms with Crippen molar-refractivity contribution in [1.82, 2.24) is 5.32 Å². The van der Waals surface area contributed by atoms with Crippen molar-refractivity contribution in [1.29, 1.82) is 0 Å². The third-order valence-electron chi connectivity index (χ3n) is 2.67. The zero-order valence-electron chi connectivity index (χ0n) is 10.1. The van der Waals surface area contributed by atoms with E-state index in [-0.39, 0.29) is 18.6 Å². The molecule has 0 saturated carbocycles. The Bertz CT molecular complexity index is 332. The molecule has 0 fully saturated rings. The summed E-state index contributed by atoms with van der Waals surface area (Å²) in [5.74, 6) is -0.239. The molecule has 0 spiro atoms. The van der Waals surface area contributed by atoms with E-state index in [1.165, 1.54) is 18.2 Å². The van der Waals surface area contributed by atoms with Crippen molar-refractivity contribution in [3.05, 3.63) is 35.4 Å². The van der Waals surface area contributed by atoms with Gasteiger partial charge in [0.25, 0.3) is 0 Å². The van der Waals surface area contributed by atoms with Gasteiger partial charge >= 0.3 is 5.97 Å². The Labute approximate surface area is 96.8 Å². The minimum atomic E-state index is -0.239. The summed E-state index contributed by atoms with van der Waals surface area (Å²) >= 11 is 0. The number of benzene rings is 1. The number of hydrogen-bond acceptors (Lipinski definition) is 3. The lowest BCUT2D eigenvalue weighted by Crippen LogP contribution is -2.26. The highest BCUT2D eigenvalue weighted by atomic mass is 16.5. The van der Waals surface area contributed by atoms with Crippen molar-refractivity contribution in [3.63, 3.8) is 0 Å². The number of aryl methyl sites for hydroxylation is 1. The summed E-state index contributed by atoms with van der Waals surface area (Å²) in [4.78, 5) is 11.0. The summed E-state index contributed by atoms with van der Waals surface area (Å²) in [6, 6.07) is 8.57. The Morgan fingerprint density at radius 2 is 2.00 bits per heavy atom. The maximum Gasteiger partial charge on any atom is 0.319 e. The molecule has 1 atom stereocenters. The smallest absolute Gasteiger partial charge is 0.319 e. The van der Waals surface area contributed by atoms with Gasteiger partial charge in [0.05, 0.1) is 13.7 Å². The van der Waals surface area contributed by atoms with Crippen LogP contribution in [0.2, 0.25) is 0 Å². The summed E-state index contributed by atoms with van der Waals surface area (Å²) < 4.78 is 4.57. The molecule has 0 amide bonds. The summed E-state index contributed by atoms with van der Waals surface area (Å²) in [7, 11) is 1.39. The molecule has 1 N–H and O–H groups in total. The van der Waals surface area contributed by atoms with Crippen LogP contribution < -0.4 is 5.32 Å². The second-order valence-corrected chi connectivity index (χ2v) is 3.77. The van der Waals surface area contributed by atoms with E-state index in [1.54, 1.807) is 0 Å². The van der Waals surface area contributed by atoms with E-state index >= 15 is 0 Å². The van der Waals surface area contributed by atoms with Gasteiger partial charge in [-0.1, -0.05) is 31.2 Å². The lowest BCUT2D eigenvalue weighted by atomic mass is 10.1. The first-order valence-corrected chi connectivity index (χ1v) is 5.56. The number of carbonyl (C=O) groups excluding carboxylic acids is 1. The first-order valence-electron chi connectivity index (χ1n) is 5.56. The first kappa shape index (κ1) is 12.7. The van der Waals surface area contributed by atoms with Crippen LogP contribution in [-0.2, 0) is 16.0 Å². The minimum Gasteiger partial charge on any atom is -0.468 e. The maximum atomic E-state index is 11.0. The van der Waals surface area contributed by atoms with Crippen molar-refractivity contribution >= 4 is 5.97 Å². The van der Waals surface area contributed by atoms with E-state index < -0.39 is 0 Å². The molecular weight excluding hydrogens is 202 g/mol. The summed E-state index contributed by atoms with van der Waals surface area (Å²) in [6.07, 6.45) is 1.05. The monoisotopic (exact) mass is 221 g/mol. The molecule has 88 valence electrons. The van der Waals surface area contributed by atoms with Gasteiger partial charge in [0, 0.05) is 6.04 Å². The average molecular weight is 221 g/mol. The quantitative estimate of drug-likeness (QED) is 0.774. The molecule has 1 unspecified atom stereocenters. The normalized spacial score (nSPS) is 12.2. The van der Waals surface area contributed by atoms with E-state index in [1.807, 2.05) is 6.92 Å². The SMILES string of the molecule is CCc1ccc(C(C)NCC(=O)OC)cc1. The molecular formula is C13H19NO2. The summed E-state index contributed by atoms with van der Waals surface area (Å²) in [5, 5.41) is 3.11. The Morgan fingerprint density at radius 3 is 2.50 bits per heavy atom. The Kier molecular flexibility index (Phi) is 4.99. The lowest BCUT2D eigenvalue weighted by Gasteiger charge is -2.13. The second kappa shape index (κ2) is 6.28. The highest BCUT2D eigenvalue weighted by molar-refractivity contribution is 5.71. The van der Waals surface area contributed by atoms with Crippen LogP contribution in [0.15, 0.2) is 24.3 Å². The number of rotatable bonds is 5. The van der Waals surface area contributed by atoms with Crippen LogP contribution in [0.5, 0.6) is 0 Å². The van der Waals surface area contributed by atoms with Crippen LogP contribution in [0.1, 0.15) is 31.0 Å². The van der Waals surface area contributed by atoms with Crippen LogP contribution in [0.3, 0.4) is 0 Å². The largest absolute Gasteiger partial charge is 0.468 e. The van der Waals surface area contributed by atoms with E-state index in [2.05, 4.69) is 41.2 Å². The molecule has 1 rings (SSSR count). The van der Waals surface area contributed by atoms with Gasteiger partial charge < -0.3 is 10.1 Å². The van der Waals surface area contributed by atoms with Gasteiger partial charge in [0.1, 0.15) is 0 Å². The molecule has 0 aliphatic heterocycles. The molecule has 3 heteroatoms. The number of nitrogens with one attached hydrogen (secondary N) is 1. The van der Waals surface area contributed by atoms with Crippen LogP contribution in [0.4, 0.5) is 0 Å². The third-order valence-corrected chi connectivity index (χ3v) is 2.67. The maximum absolute atomic E-state index is 11.0. The fourth-order valence-electron chi connectivity index (χ4n) is 1.47. The van der Waals surface area contributed by atoms with Crippen LogP contribution in [0.25, 0.3) is 0 Å². The molecule has 0 saturated heterocycles. The fraction of sp³-hybridized carbons (Fsp3) is 0.462. The number of carbonyl (C=O) groups is 1. The van der Waals surface area contributed by atoms with Crippen molar-refractivity contribution in [2.45, 2.75) is 26.3 Å². The van der Waals surface area contributed by atoms with E-state index in [4.69, 9.17) is 0 Å². The van der Waals surface area contributed by atoms with Gasteiger partial charge in [-0.05, 0) is 24.5 Å². The average Bonchev–Trinajstić information content (AvgIpc) is 2.35. The van der Waals surface area contributed by atoms with E-state index in [0.717, 1.165) is 6.42 Å². The number of esters is 1. The third kappa shape index (κ3) is 3.66. The van der Waals surface area contributed by atoms with Gasteiger partial charge in [0.2, 0.25) is 0 Å². The van der Waals surface area contributed by atoms with Crippen LogP contribution in [-0.4, -0.2) is 19.6 Å². The molecule has 0 radical (unpaired) electrons. The molecule has 16 heavy (non-hydrogen) atoms. The molecule has 0 aromatic heterocycles. The number of methoxy groups -OCH3 is 1. The van der Waals surface area contributed by atoms with Gasteiger partial charge in [-0.15, -0.1) is 0 Å². The Hall–Kier alpha value is -1.35. The highest BCUT2D eigenvalue weighted by Crippen LogP contribution is 2.13. The van der Waals surface area contributed by atoms with Gasteiger partial charge in [0.15, 0.2) is 0 Å². The predicted molar refractivity (Wildman–Crippen MR) is 64.3 cm³/mol. The van der Waals surface area contributed by atoms with Crippen LogP contribution in [0, 0.1) is 0 Å². The first-order chi connectivity index (χ1) is 7.67. The second-order valence-electron chi connectivity index (χ2n) is 3.77. The lowest BCUT2D eigenvalue weighted by molar-refractivity contribution is -0.139. The Morgan fingerprint density at radius 1 is 1.38 bits per heavy atom. The van der Waals surface area contributed by atoms with Gasteiger partial charge in [-0.25, -0.2) is 0 Å². The molecule has 0 heterocycles. The van der Waals surface area contributed by atoms with Crippen LogP contribution >= 0.6 is 0 Å². The molecule has 0 aliphatic rings. The number of hydrogen-bond donors (Lipinski definition) is 1. The zero-order valence-corrected chi connectivity index (χ0v) is 10.1. The van der Waals surface area contributed by atoms with Crippen molar-refractivity contribution in [2.75, 3.05) is 13.7 Å². The molecule has 1 aromatic carbocycles. The summed E-state index contributed by atoms with van der Waals surface area (Å²) in [6.45, 7) is 4.41. The topological polar surface area (TPSA) is 38.3 Å². The number of ether oxygens (including phenoxy) is 1. The fourth-order valence-corrected chi connectivity index (χ4v) is 1.47. The molecule has 3 nitrogen and oxygen atoms in total. The van der Waals surface area contributed by atoms with Crippen molar-refractivity contribution < 1.29 is 9.53 Å². The standard InChI is InChI=1S/C13H19NO2/c1-4-11-5-7-12(8-6-11)10(2)14-9-13(15)16-3/h5-8,10,14H,4,9H2,1-3H3. The van der Waals surface area contributed by atoms with Crippen molar-refractivity contribution in [3.8, 4) is 0 Å². The van der Waals surface area contributed by atoms with Gasteiger partial charge in [-0.2, -0.15) is 0 Å². The zero-order chi connectivity index (χ0) is 12.0. The van der Waals surface area contributed by atoms with E-state index in [9.17, 15) is 4.79 Å². The molecule has 0 bridgehead atoms. The van der Waals surface area contributed by atoms with Crippen molar-refractivity contribution in [2.24, 2.45) is 0 Å². The predicted octanol–water partition coefficient (Wildman–Crippen LogP) is 2.07. The summed E-state index contributed by atoms with van der Waals surface area (Å²) in [5.41, 5.74) is 2.50. The van der Waals surface area contributed by atoms with Gasteiger partial charge in [-0.3, -0.25) is 4.79 Å².